The molecule has 1 aliphatic heterocycles. The van der Waals surface area contributed by atoms with E-state index in [1.165, 1.54) is 19.9 Å². The Bertz CT molecular complexity index is 825. The van der Waals surface area contributed by atoms with Crippen LogP contribution in [-0.2, 0) is 30.3 Å². The molecule has 10 heteroatoms. The first kappa shape index (κ1) is 23.4. The van der Waals surface area contributed by atoms with Gasteiger partial charge in [-0.05, 0) is 25.0 Å². The molecule has 1 amide bonds. The monoisotopic (exact) mass is 419 g/mol. The van der Waals surface area contributed by atoms with Gasteiger partial charge in [-0.1, -0.05) is 26.0 Å². The number of benzene rings is 1. The summed E-state index contributed by atoms with van der Waals surface area (Å²) >= 11 is 0. The fourth-order valence-corrected chi connectivity index (χ4v) is 2.81. The zero-order valence-corrected chi connectivity index (χ0v) is 17.5. The van der Waals surface area contributed by atoms with Crippen LogP contribution in [-0.4, -0.2) is 48.0 Å². The summed E-state index contributed by atoms with van der Waals surface area (Å²) in [5.74, 6) is -2.70. The Morgan fingerprint density at radius 2 is 1.90 bits per heavy atom. The molecule has 1 aliphatic rings. The van der Waals surface area contributed by atoms with E-state index in [0.29, 0.717) is 5.56 Å². The molecule has 2 rings (SSSR count). The molecule has 162 valence electrons. The molecule has 1 aromatic carbocycles. The van der Waals surface area contributed by atoms with Crippen LogP contribution in [0.25, 0.3) is 0 Å². The summed E-state index contributed by atoms with van der Waals surface area (Å²) in [5, 5.41) is 12.9. The molecule has 2 atom stereocenters. The van der Waals surface area contributed by atoms with Gasteiger partial charge in [0.1, 0.15) is 17.1 Å². The molecule has 1 heterocycles. The molecule has 2 N–H and O–H groups in total. The highest BCUT2D eigenvalue weighted by Crippen LogP contribution is 2.31. The first-order chi connectivity index (χ1) is 14.1. The molecule has 2 unspecified atom stereocenters. The Morgan fingerprint density at radius 3 is 2.53 bits per heavy atom. The first-order valence-electron chi connectivity index (χ1n) is 9.75. The summed E-state index contributed by atoms with van der Waals surface area (Å²) in [4.78, 5) is 47.1. The quantitative estimate of drug-likeness (QED) is 0.366. The Balaban J connectivity index is 2.06. The molecule has 0 aliphatic carbocycles. The van der Waals surface area contributed by atoms with E-state index in [1.54, 1.807) is 26.0 Å². The molecule has 0 saturated carbocycles. The maximum atomic E-state index is 12.5. The van der Waals surface area contributed by atoms with Crippen molar-refractivity contribution in [2.45, 2.75) is 59.2 Å². The third-order valence-electron chi connectivity index (χ3n) is 4.42. The number of carbonyl (C=O) groups is 4. The van der Waals surface area contributed by atoms with Crippen molar-refractivity contribution >= 4 is 30.7 Å². The van der Waals surface area contributed by atoms with Crippen LogP contribution in [0.4, 0.5) is 0 Å². The number of esters is 2. The minimum absolute atomic E-state index is 0.0186. The SMILES string of the molecule is CC(=O)CCC(=O)NC1Cc2cccc(C(=O)OC(C)OC(=O)C(C)C)c2OB1O. The number of ether oxygens (including phenoxy) is 2. The number of hydrogen-bond donors (Lipinski definition) is 2. The minimum Gasteiger partial charge on any atom is -0.534 e. The van der Waals surface area contributed by atoms with Crippen LogP contribution in [0.3, 0.4) is 0 Å². The topological polar surface area (TPSA) is 128 Å². The van der Waals surface area contributed by atoms with Gasteiger partial charge >= 0.3 is 19.1 Å². The lowest BCUT2D eigenvalue weighted by molar-refractivity contribution is -0.169. The minimum atomic E-state index is -1.39. The van der Waals surface area contributed by atoms with Gasteiger partial charge in [-0.3, -0.25) is 9.59 Å². The Kier molecular flexibility index (Phi) is 7.99. The van der Waals surface area contributed by atoms with E-state index in [0.717, 1.165) is 0 Å². The zero-order valence-electron chi connectivity index (χ0n) is 17.5. The lowest BCUT2D eigenvalue weighted by Crippen LogP contribution is -2.53. The molecule has 0 aromatic heterocycles. The van der Waals surface area contributed by atoms with E-state index >= 15 is 0 Å². The first-order valence-corrected chi connectivity index (χ1v) is 9.75. The smallest absolute Gasteiger partial charge is 0.534 e. The highest BCUT2D eigenvalue weighted by Gasteiger charge is 2.38. The third kappa shape index (κ3) is 6.31. The Labute approximate surface area is 175 Å². The van der Waals surface area contributed by atoms with Crippen molar-refractivity contribution in [2.24, 2.45) is 5.92 Å². The second-order valence-electron chi connectivity index (χ2n) is 7.45. The van der Waals surface area contributed by atoms with E-state index in [9.17, 15) is 24.2 Å². The van der Waals surface area contributed by atoms with E-state index in [1.807, 2.05) is 0 Å². The Morgan fingerprint density at radius 1 is 1.20 bits per heavy atom. The summed E-state index contributed by atoms with van der Waals surface area (Å²) < 4.78 is 15.7. The number of para-hydroxylation sites is 1. The number of ketones is 1. The summed E-state index contributed by atoms with van der Waals surface area (Å²) in [7, 11) is -1.39. The fourth-order valence-electron chi connectivity index (χ4n) is 2.81. The van der Waals surface area contributed by atoms with E-state index in [-0.39, 0.29) is 48.2 Å². The summed E-state index contributed by atoms with van der Waals surface area (Å²) in [6, 6.07) is 4.79. The molecule has 0 spiro atoms. The number of nitrogens with one attached hydrogen (secondary N) is 1. The van der Waals surface area contributed by atoms with Crippen molar-refractivity contribution in [1.82, 2.24) is 5.32 Å². The highest BCUT2D eigenvalue weighted by atomic mass is 16.7. The maximum Gasteiger partial charge on any atom is 0.547 e. The van der Waals surface area contributed by atoms with Crippen molar-refractivity contribution in [3.63, 3.8) is 0 Å². The van der Waals surface area contributed by atoms with Crippen molar-refractivity contribution in [3.05, 3.63) is 29.3 Å². The maximum absolute atomic E-state index is 12.5. The van der Waals surface area contributed by atoms with Gasteiger partial charge in [-0.15, -0.1) is 0 Å². The molecule has 1 aromatic rings. The molecular weight excluding hydrogens is 393 g/mol. The van der Waals surface area contributed by atoms with E-state index in [2.05, 4.69) is 5.32 Å². The van der Waals surface area contributed by atoms with E-state index in [4.69, 9.17) is 14.1 Å². The average molecular weight is 419 g/mol. The largest absolute Gasteiger partial charge is 0.547 e. The number of amides is 1. The average Bonchev–Trinajstić information content (AvgIpc) is 2.66. The van der Waals surface area contributed by atoms with Crippen LogP contribution in [0, 0.1) is 5.92 Å². The van der Waals surface area contributed by atoms with E-state index < -0.39 is 31.3 Å². The van der Waals surface area contributed by atoms with Gasteiger partial charge in [0.2, 0.25) is 12.2 Å². The normalized spacial score (nSPS) is 16.2. The van der Waals surface area contributed by atoms with Crippen LogP contribution < -0.4 is 9.97 Å². The number of fused-ring (bicyclic) bond motifs is 1. The highest BCUT2D eigenvalue weighted by molar-refractivity contribution is 6.47. The molecule has 0 bridgehead atoms. The number of Topliss-reactive ketones (excluding diaryl/α,β-unsaturated/α-hetero) is 1. The molecule has 0 fully saturated rings. The van der Waals surface area contributed by atoms with Gasteiger partial charge in [0.05, 0.1) is 11.9 Å². The number of hydrogen-bond acceptors (Lipinski definition) is 8. The van der Waals surface area contributed by atoms with Crippen LogP contribution in [0.5, 0.6) is 5.75 Å². The molecule has 30 heavy (non-hydrogen) atoms. The van der Waals surface area contributed by atoms with Gasteiger partial charge in [0.15, 0.2) is 0 Å². The van der Waals surface area contributed by atoms with Gasteiger partial charge < -0.3 is 29.3 Å². The fraction of sp³-hybridized carbons (Fsp3) is 0.500. The summed E-state index contributed by atoms with van der Waals surface area (Å²) in [6.45, 7) is 6.15. The van der Waals surface area contributed by atoms with Crippen molar-refractivity contribution < 1.29 is 38.3 Å². The number of carbonyl (C=O) groups excluding carboxylic acids is 4. The standard InChI is InChI=1S/C20H26BNO8/c1-11(2)19(25)28-13(4)29-20(26)15-7-5-6-14-10-16(21(27)30-18(14)15)22-17(24)9-8-12(3)23/h5-7,11,13,16,27H,8-10H2,1-4H3,(H,22,24). The second-order valence-corrected chi connectivity index (χ2v) is 7.45. The van der Waals surface area contributed by atoms with Crippen molar-refractivity contribution in [3.8, 4) is 5.75 Å². The van der Waals surface area contributed by atoms with Crippen LogP contribution >= 0.6 is 0 Å². The summed E-state index contributed by atoms with van der Waals surface area (Å²) in [6.07, 6.45) is -0.738. The van der Waals surface area contributed by atoms with Gasteiger partial charge in [-0.2, -0.15) is 0 Å². The second kappa shape index (κ2) is 10.2. The van der Waals surface area contributed by atoms with Crippen LogP contribution in [0.2, 0.25) is 0 Å². The zero-order chi connectivity index (χ0) is 22.4. The molecular formula is C20H26BNO8. The molecule has 0 radical (unpaired) electrons. The van der Waals surface area contributed by atoms with Gasteiger partial charge in [-0.25, -0.2) is 4.79 Å². The lowest BCUT2D eigenvalue weighted by Gasteiger charge is -2.29. The predicted octanol–water partition coefficient (Wildman–Crippen LogP) is 1.20. The van der Waals surface area contributed by atoms with Crippen molar-refractivity contribution in [2.75, 3.05) is 0 Å². The molecule has 9 nitrogen and oxygen atoms in total. The molecule has 0 saturated heterocycles. The third-order valence-corrected chi connectivity index (χ3v) is 4.42. The van der Waals surface area contributed by atoms with Crippen molar-refractivity contribution in [1.29, 1.82) is 0 Å². The number of rotatable bonds is 8. The van der Waals surface area contributed by atoms with Crippen LogP contribution in [0.1, 0.15) is 56.5 Å². The van der Waals surface area contributed by atoms with Gasteiger partial charge in [0.25, 0.3) is 0 Å². The predicted molar refractivity (Wildman–Crippen MR) is 106 cm³/mol. The summed E-state index contributed by atoms with van der Waals surface area (Å²) in [5.41, 5.74) is 0.666. The van der Waals surface area contributed by atoms with Gasteiger partial charge in [0, 0.05) is 19.8 Å². The Hall–Kier alpha value is -2.88. The lowest BCUT2D eigenvalue weighted by atomic mass is 9.72. The van der Waals surface area contributed by atoms with Crippen LogP contribution in [0.15, 0.2) is 18.2 Å².